The van der Waals surface area contributed by atoms with Crippen LogP contribution in [0.4, 0.5) is 0 Å². The molecule has 1 aromatic carbocycles. The lowest BCUT2D eigenvalue weighted by Crippen LogP contribution is -2.31. The van der Waals surface area contributed by atoms with Crippen LogP contribution in [-0.4, -0.2) is 33.1 Å². The number of amides is 1. The van der Waals surface area contributed by atoms with Crippen LogP contribution in [0.25, 0.3) is 10.9 Å². The highest BCUT2D eigenvalue weighted by atomic mass is 35.5. The highest BCUT2D eigenvalue weighted by molar-refractivity contribution is 8.00. The molecule has 0 saturated carbocycles. The average molecular weight is 404 g/mol. The van der Waals surface area contributed by atoms with Gasteiger partial charge < -0.3 is 4.90 Å². The second-order valence-electron chi connectivity index (χ2n) is 5.65. The van der Waals surface area contributed by atoms with E-state index in [0.717, 1.165) is 25.1 Å². The number of benzene rings is 1. The molecule has 0 saturated heterocycles. The SMILES string of the molecule is C=CCN(Cc1ccc(Cl)s1)C(=O)CSc1nc(C)nc2ccccc12. The molecule has 0 aliphatic heterocycles. The molecular weight excluding hydrogens is 386 g/mol. The highest BCUT2D eigenvalue weighted by Gasteiger charge is 2.16. The zero-order chi connectivity index (χ0) is 18.5. The van der Waals surface area contributed by atoms with Crippen LogP contribution >= 0.6 is 34.7 Å². The molecule has 3 rings (SSSR count). The summed E-state index contributed by atoms with van der Waals surface area (Å²) in [5.74, 6) is 1.06. The summed E-state index contributed by atoms with van der Waals surface area (Å²) in [6.45, 7) is 6.65. The van der Waals surface area contributed by atoms with Crippen molar-refractivity contribution >= 4 is 51.5 Å². The molecule has 2 aromatic heterocycles. The molecule has 134 valence electrons. The first-order valence-corrected chi connectivity index (χ1v) is 10.2. The van der Waals surface area contributed by atoms with Crippen molar-refractivity contribution in [1.82, 2.24) is 14.9 Å². The average Bonchev–Trinajstić information content (AvgIpc) is 3.03. The second kappa shape index (κ2) is 8.66. The van der Waals surface area contributed by atoms with Crippen molar-refractivity contribution in [2.24, 2.45) is 0 Å². The Morgan fingerprint density at radius 1 is 1.31 bits per heavy atom. The summed E-state index contributed by atoms with van der Waals surface area (Å²) in [6, 6.07) is 11.6. The molecular formula is C19H18ClN3OS2. The quantitative estimate of drug-likeness (QED) is 0.318. The normalized spacial score (nSPS) is 10.8. The third-order valence-electron chi connectivity index (χ3n) is 3.69. The predicted octanol–water partition coefficient (Wildman–Crippen LogP) is 4.96. The first-order valence-electron chi connectivity index (χ1n) is 8.06. The smallest absolute Gasteiger partial charge is 0.233 e. The van der Waals surface area contributed by atoms with E-state index in [2.05, 4.69) is 16.5 Å². The molecule has 0 radical (unpaired) electrons. The summed E-state index contributed by atoms with van der Waals surface area (Å²) < 4.78 is 0.725. The molecule has 0 aliphatic carbocycles. The molecule has 2 heterocycles. The lowest BCUT2D eigenvalue weighted by Gasteiger charge is -2.20. The van der Waals surface area contributed by atoms with Crippen molar-refractivity contribution in [3.8, 4) is 0 Å². The molecule has 0 spiro atoms. The summed E-state index contributed by atoms with van der Waals surface area (Å²) in [6.07, 6.45) is 1.74. The Morgan fingerprint density at radius 2 is 2.12 bits per heavy atom. The highest BCUT2D eigenvalue weighted by Crippen LogP contribution is 2.26. The van der Waals surface area contributed by atoms with Crippen LogP contribution < -0.4 is 0 Å². The van der Waals surface area contributed by atoms with Crippen LogP contribution in [0.5, 0.6) is 0 Å². The Balaban J connectivity index is 1.73. The van der Waals surface area contributed by atoms with E-state index in [9.17, 15) is 4.79 Å². The van der Waals surface area contributed by atoms with E-state index in [1.165, 1.54) is 23.1 Å². The first-order chi connectivity index (χ1) is 12.6. The van der Waals surface area contributed by atoms with Gasteiger partial charge in [-0.05, 0) is 25.1 Å². The summed E-state index contributed by atoms with van der Waals surface area (Å²) in [5, 5.41) is 1.80. The fourth-order valence-corrected chi connectivity index (χ4v) is 4.60. The van der Waals surface area contributed by atoms with E-state index in [-0.39, 0.29) is 5.91 Å². The number of rotatable bonds is 7. The van der Waals surface area contributed by atoms with Crippen LogP contribution in [0.15, 0.2) is 54.1 Å². The molecule has 0 N–H and O–H groups in total. The minimum atomic E-state index is 0.0415. The monoisotopic (exact) mass is 403 g/mol. The van der Waals surface area contributed by atoms with E-state index in [4.69, 9.17) is 11.6 Å². The Morgan fingerprint density at radius 3 is 2.85 bits per heavy atom. The van der Waals surface area contributed by atoms with Crippen LogP contribution in [0.1, 0.15) is 10.7 Å². The molecule has 3 aromatic rings. The van der Waals surface area contributed by atoms with Gasteiger partial charge in [-0.15, -0.1) is 17.9 Å². The number of aromatic nitrogens is 2. The van der Waals surface area contributed by atoms with E-state index < -0.39 is 0 Å². The number of aryl methyl sites for hydroxylation is 1. The van der Waals surface area contributed by atoms with Crippen molar-refractivity contribution in [3.05, 3.63) is 64.1 Å². The number of nitrogens with zero attached hydrogens (tertiary/aromatic N) is 3. The van der Waals surface area contributed by atoms with Crippen LogP contribution in [-0.2, 0) is 11.3 Å². The van der Waals surface area contributed by atoms with Gasteiger partial charge >= 0.3 is 0 Å². The van der Waals surface area contributed by atoms with Gasteiger partial charge in [0.15, 0.2) is 0 Å². The van der Waals surface area contributed by atoms with Gasteiger partial charge in [-0.2, -0.15) is 0 Å². The summed E-state index contributed by atoms with van der Waals surface area (Å²) in [7, 11) is 0. The Bertz CT molecular complexity index is 941. The maximum Gasteiger partial charge on any atom is 0.233 e. The number of fused-ring (bicyclic) bond motifs is 1. The fraction of sp³-hybridized carbons (Fsp3) is 0.211. The van der Waals surface area contributed by atoms with Gasteiger partial charge in [-0.25, -0.2) is 9.97 Å². The zero-order valence-electron chi connectivity index (χ0n) is 14.3. The Labute approximate surface area is 165 Å². The maximum absolute atomic E-state index is 12.7. The molecule has 0 fully saturated rings. The largest absolute Gasteiger partial charge is 0.333 e. The van der Waals surface area contributed by atoms with E-state index >= 15 is 0 Å². The molecule has 0 unspecified atom stereocenters. The van der Waals surface area contributed by atoms with Crippen LogP contribution in [0.2, 0.25) is 4.34 Å². The number of carbonyl (C=O) groups excluding carboxylic acids is 1. The van der Waals surface area contributed by atoms with E-state index in [0.29, 0.717) is 24.7 Å². The molecule has 7 heteroatoms. The lowest BCUT2D eigenvalue weighted by molar-refractivity contribution is -0.128. The van der Waals surface area contributed by atoms with Crippen molar-refractivity contribution in [3.63, 3.8) is 0 Å². The number of para-hydroxylation sites is 1. The van der Waals surface area contributed by atoms with E-state index in [1.54, 1.807) is 11.0 Å². The lowest BCUT2D eigenvalue weighted by atomic mass is 10.2. The van der Waals surface area contributed by atoms with Gasteiger partial charge in [0.2, 0.25) is 5.91 Å². The molecule has 4 nitrogen and oxygen atoms in total. The number of thioether (sulfide) groups is 1. The predicted molar refractivity (Wildman–Crippen MR) is 110 cm³/mol. The first kappa shape index (κ1) is 18.9. The number of hydrogen-bond donors (Lipinski definition) is 0. The number of hydrogen-bond acceptors (Lipinski definition) is 5. The minimum absolute atomic E-state index is 0.0415. The van der Waals surface area contributed by atoms with Gasteiger partial charge in [0, 0.05) is 16.8 Å². The van der Waals surface area contributed by atoms with Crippen molar-refractivity contribution < 1.29 is 4.79 Å². The van der Waals surface area contributed by atoms with Gasteiger partial charge in [-0.3, -0.25) is 4.79 Å². The summed E-state index contributed by atoms with van der Waals surface area (Å²) in [5.41, 5.74) is 0.895. The fourth-order valence-electron chi connectivity index (χ4n) is 2.53. The van der Waals surface area contributed by atoms with Gasteiger partial charge in [-0.1, -0.05) is 47.6 Å². The molecule has 1 amide bonds. The van der Waals surface area contributed by atoms with Crippen LogP contribution in [0, 0.1) is 6.92 Å². The molecule has 0 atom stereocenters. The van der Waals surface area contributed by atoms with Crippen molar-refractivity contribution in [1.29, 1.82) is 0 Å². The summed E-state index contributed by atoms with van der Waals surface area (Å²) in [4.78, 5) is 24.5. The minimum Gasteiger partial charge on any atom is -0.333 e. The number of thiophene rings is 1. The molecule has 0 bridgehead atoms. The van der Waals surface area contributed by atoms with Crippen molar-refractivity contribution in [2.45, 2.75) is 18.5 Å². The Kier molecular flexibility index (Phi) is 6.29. The topological polar surface area (TPSA) is 46.1 Å². The molecule has 26 heavy (non-hydrogen) atoms. The third-order valence-corrected chi connectivity index (χ3v) is 5.88. The third kappa shape index (κ3) is 4.63. The van der Waals surface area contributed by atoms with Gasteiger partial charge in [0.25, 0.3) is 0 Å². The van der Waals surface area contributed by atoms with Gasteiger partial charge in [0.05, 0.1) is 22.2 Å². The van der Waals surface area contributed by atoms with Gasteiger partial charge in [0.1, 0.15) is 10.9 Å². The number of halogens is 1. The van der Waals surface area contributed by atoms with Crippen LogP contribution in [0.3, 0.4) is 0 Å². The standard InChI is InChI=1S/C19H18ClN3OS2/c1-3-10-23(11-14-8-9-17(20)26-14)18(24)12-25-19-15-6-4-5-7-16(15)21-13(2)22-19/h3-9H,1,10-12H2,2H3. The van der Waals surface area contributed by atoms with E-state index in [1.807, 2.05) is 43.3 Å². The van der Waals surface area contributed by atoms with Crippen molar-refractivity contribution in [2.75, 3.05) is 12.3 Å². The maximum atomic E-state index is 12.7. The zero-order valence-corrected chi connectivity index (χ0v) is 16.7. The summed E-state index contributed by atoms with van der Waals surface area (Å²) >= 11 is 8.92. The number of carbonyl (C=O) groups is 1. The molecule has 0 aliphatic rings. The Hall–Kier alpha value is -1.89. The second-order valence-corrected chi connectivity index (χ2v) is 8.41.